The Bertz CT molecular complexity index is 841. The molecule has 3 heterocycles. The van der Waals surface area contributed by atoms with Crippen molar-refractivity contribution < 1.29 is 17.7 Å². The molecule has 130 valence electrons. The maximum atomic E-state index is 12.5. The Morgan fingerprint density at radius 2 is 2.25 bits per heavy atom. The van der Waals surface area contributed by atoms with E-state index in [2.05, 4.69) is 9.88 Å². The van der Waals surface area contributed by atoms with Gasteiger partial charge in [-0.15, -0.1) is 11.3 Å². The average molecular weight is 369 g/mol. The number of nitrogens with zero attached hydrogens (tertiary/aromatic N) is 2. The quantitative estimate of drug-likeness (QED) is 0.841. The molecule has 1 atom stereocenters. The number of hydrogen-bond donors (Lipinski definition) is 1. The summed E-state index contributed by atoms with van der Waals surface area (Å²) in [6, 6.07) is 4.61. The van der Waals surface area contributed by atoms with Crippen LogP contribution >= 0.6 is 11.3 Å². The summed E-state index contributed by atoms with van der Waals surface area (Å²) in [6.45, 7) is 4.87. The number of aryl methyl sites for hydroxylation is 1. The fourth-order valence-corrected chi connectivity index (χ4v) is 5.19. The summed E-state index contributed by atoms with van der Waals surface area (Å²) in [4.78, 5) is 14.3. The standard InChI is InChI=1S/C15H19N3O4S2/c1-3-6-18-9-11(8-14(18)19)17-24(20,21)15-5-4-13(23-15)12-7-10(2)16-22-12/h4-5,7,11,17H,3,6,8-9H2,1-2H3. The Balaban J connectivity index is 1.72. The molecule has 1 saturated heterocycles. The van der Waals surface area contributed by atoms with Crippen LogP contribution in [0.3, 0.4) is 0 Å². The molecule has 0 aromatic carbocycles. The number of sulfonamides is 1. The lowest BCUT2D eigenvalue weighted by atomic mass is 10.3. The number of carbonyl (C=O) groups excluding carboxylic acids is 1. The van der Waals surface area contributed by atoms with Crippen LogP contribution < -0.4 is 4.72 Å². The molecule has 1 unspecified atom stereocenters. The van der Waals surface area contributed by atoms with Crippen molar-refractivity contribution in [3.05, 3.63) is 23.9 Å². The van der Waals surface area contributed by atoms with E-state index in [1.54, 1.807) is 30.0 Å². The minimum Gasteiger partial charge on any atom is -0.355 e. The summed E-state index contributed by atoms with van der Waals surface area (Å²) < 4.78 is 33.1. The fourth-order valence-electron chi connectivity index (χ4n) is 2.69. The first kappa shape index (κ1) is 17.1. The number of aromatic nitrogens is 1. The van der Waals surface area contributed by atoms with Crippen molar-refractivity contribution in [1.82, 2.24) is 14.8 Å². The Labute approximate surface area is 144 Å². The van der Waals surface area contributed by atoms with Crippen LogP contribution in [0.2, 0.25) is 0 Å². The third-order valence-electron chi connectivity index (χ3n) is 3.75. The van der Waals surface area contributed by atoms with Gasteiger partial charge in [-0.1, -0.05) is 12.1 Å². The van der Waals surface area contributed by atoms with Gasteiger partial charge in [0.25, 0.3) is 0 Å². The van der Waals surface area contributed by atoms with Gasteiger partial charge in [0.05, 0.1) is 10.6 Å². The SMILES string of the molecule is CCCN1CC(NS(=O)(=O)c2ccc(-c3cc(C)no3)s2)CC1=O. The molecule has 0 bridgehead atoms. The lowest BCUT2D eigenvalue weighted by Gasteiger charge is -2.15. The van der Waals surface area contributed by atoms with E-state index in [4.69, 9.17) is 4.52 Å². The van der Waals surface area contributed by atoms with Crippen LogP contribution in [-0.2, 0) is 14.8 Å². The predicted molar refractivity (Wildman–Crippen MR) is 90.2 cm³/mol. The van der Waals surface area contributed by atoms with Crippen LogP contribution in [0.25, 0.3) is 10.6 Å². The van der Waals surface area contributed by atoms with E-state index in [9.17, 15) is 13.2 Å². The minimum absolute atomic E-state index is 0.00597. The van der Waals surface area contributed by atoms with E-state index in [0.717, 1.165) is 23.5 Å². The molecule has 0 spiro atoms. The topological polar surface area (TPSA) is 92.5 Å². The normalized spacial score (nSPS) is 18.5. The summed E-state index contributed by atoms with van der Waals surface area (Å²) in [5.74, 6) is 0.540. The Morgan fingerprint density at radius 3 is 2.92 bits per heavy atom. The number of thiophene rings is 1. The second-order valence-corrected chi connectivity index (χ2v) is 8.84. The summed E-state index contributed by atoms with van der Waals surface area (Å²) in [6.07, 6.45) is 1.06. The third-order valence-corrected chi connectivity index (χ3v) is 6.86. The van der Waals surface area contributed by atoms with E-state index in [-0.39, 0.29) is 22.6 Å². The van der Waals surface area contributed by atoms with Gasteiger partial charge in [-0.2, -0.15) is 0 Å². The van der Waals surface area contributed by atoms with Crippen molar-refractivity contribution in [2.45, 2.75) is 36.9 Å². The van der Waals surface area contributed by atoms with Crippen molar-refractivity contribution in [3.63, 3.8) is 0 Å². The van der Waals surface area contributed by atoms with Crippen molar-refractivity contribution in [2.24, 2.45) is 0 Å². The van der Waals surface area contributed by atoms with Gasteiger partial charge in [-0.25, -0.2) is 13.1 Å². The molecule has 2 aromatic heterocycles. The van der Waals surface area contributed by atoms with Crippen LogP contribution in [-0.4, -0.2) is 43.5 Å². The molecule has 3 rings (SSSR count). The third kappa shape index (κ3) is 3.52. The van der Waals surface area contributed by atoms with Crippen LogP contribution in [0, 0.1) is 6.92 Å². The number of amides is 1. The summed E-state index contributed by atoms with van der Waals surface area (Å²) >= 11 is 1.12. The van der Waals surface area contributed by atoms with Crippen molar-refractivity contribution >= 4 is 27.3 Å². The monoisotopic (exact) mass is 369 g/mol. The number of carbonyl (C=O) groups is 1. The van der Waals surface area contributed by atoms with Crippen LogP contribution in [0.15, 0.2) is 26.9 Å². The number of nitrogens with one attached hydrogen (secondary N) is 1. The first-order valence-electron chi connectivity index (χ1n) is 7.72. The van der Waals surface area contributed by atoms with Gasteiger partial charge >= 0.3 is 0 Å². The molecule has 1 aliphatic rings. The zero-order valence-electron chi connectivity index (χ0n) is 13.5. The molecule has 1 amide bonds. The Morgan fingerprint density at radius 1 is 1.46 bits per heavy atom. The number of rotatable bonds is 6. The van der Waals surface area contributed by atoms with E-state index in [1.165, 1.54) is 0 Å². The maximum absolute atomic E-state index is 12.5. The highest BCUT2D eigenvalue weighted by Gasteiger charge is 2.32. The maximum Gasteiger partial charge on any atom is 0.250 e. The minimum atomic E-state index is -3.66. The van der Waals surface area contributed by atoms with Gasteiger partial charge < -0.3 is 9.42 Å². The van der Waals surface area contributed by atoms with Gasteiger partial charge in [-0.3, -0.25) is 4.79 Å². The van der Waals surface area contributed by atoms with Gasteiger partial charge in [0.2, 0.25) is 15.9 Å². The van der Waals surface area contributed by atoms with Gasteiger partial charge in [-0.05, 0) is 25.5 Å². The highest BCUT2D eigenvalue weighted by molar-refractivity contribution is 7.91. The first-order chi connectivity index (χ1) is 11.4. The summed E-state index contributed by atoms with van der Waals surface area (Å²) in [5, 5.41) is 3.81. The van der Waals surface area contributed by atoms with Crippen molar-refractivity contribution in [2.75, 3.05) is 13.1 Å². The zero-order valence-corrected chi connectivity index (χ0v) is 15.1. The first-order valence-corrected chi connectivity index (χ1v) is 10.0. The van der Waals surface area contributed by atoms with Crippen LogP contribution in [0.4, 0.5) is 0 Å². The lowest BCUT2D eigenvalue weighted by Crippen LogP contribution is -2.36. The lowest BCUT2D eigenvalue weighted by molar-refractivity contribution is -0.127. The van der Waals surface area contributed by atoms with Gasteiger partial charge in [0, 0.05) is 31.6 Å². The Hall–Kier alpha value is -1.71. The van der Waals surface area contributed by atoms with Crippen molar-refractivity contribution in [3.8, 4) is 10.6 Å². The molecule has 0 saturated carbocycles. The average Bonchev–Trinajstić information content (AvgIpc) is 3.20. The molecule has 1 N–H and O–H groups in total. The van der Waals surface area contributed by atoms with E-state index in [0.29, 0.717) is 23.7 Å². The van der Waals surface area contributed by atoms with Crippen LogP contribution in [0.1, 0.15) is 25.5 Å². The largest absolute Gasteiger partial charge is 0.355 e. The molecule has 9 heteroatoms. The molecule has 24 heavy (non-hydrogen) atoms. The highest BCUT2D eigenvalue weighted by Crippen LogP contribution is 2.31. The van der Waals surface area contributed by atoms with Gasteiger partial charge in [0.1, 0.15) is 4.21 Å². The van der Waals surface area contributed by atoms with E-state index >= 15 is 0 Å². The molecule has 1 fully saturated rings. The summed E-state index contributed by atoms with van der Waals surface area (Å²) in [7, 11) is -3.66. The molecular formula is C15H19N3O4S2. The van der Waals surface area contributed by atoms with Crippen molar-refractivity contribution in [1.29, 1.82) is 0 Å². The van der Waals surface area contributed by atoms with E-state index in [1.807, 2.05) is 6.92 Å². The Kier molecular flexibility index (Phi) is 4.75. The molecular weight excluding hydrogens is 350 g/mol. The zero-order chi connectivity index (χ0) is 17.3. The number of likely N-dealkylation sites (tertiary alicyclic amines) is 1. The molecule has 0 aliphatic carbocycles. The molecule has 1 aliphatic heterocycles. The molecule has 0 radical (unpaired) electrons. The smallest absolute Gasteiger partial charge is 0.250 e. The van der Waals surface area contributed by atoms with Gasteiger partial charge in [0.15, 0.2) is 5.76 Å². The second kappa shape index (κ2) is 6.66. The van der Waals surface area contributed by atoms with Crippen LogP contribution in [0.5, 0.6) is 0 Å². The molecule has 2 aromatic rings. The van der Waals surface area contributed by atoms with E-state index < -0.39 is 10.0 Å². The predicted octanol–water partition coefficient (Wildman–Crippen LogP) is 2.00. The highest BCUT2D eigenvalue weighted by atomic mass is 32.2. The summed E-state index contributed by atoms with van der Waals surface area (Å²) in [5.41, 5.74) is 0.737. The number of hydrogen-bond acceptors (Lipinski definition) is 6. The second-order valence-electron chi connectivity index (χ2n) is 5.81. The fraction of sp³-hybridized carbons (Fsp3) is 0.467. The molecule has 7 nitrogen and oxygen atoms in total.